The molecule has 0 saturated heterocycles. The number of nitriles is 1. The standard InChI is InChI=1S/C32H30F2N6O4S/c33-32(34)44-24-12-8-22(9-13-24)19-36-29(41)18-28-38-27-20-37-31-26(15-17-39(31)45(42,43)25-4-2-1-3-5-25)30(27)40(28)23-10-6-21(7-11-23)14-16-35/h1-5,8-9,12-13,15,17,20-21,23,32H,6-7,10-11,14,18-19H2,(H,36,41). The topological polar surface area (TPSA) is 132 Å². The van der Waals surface area contributed by atoms with E-state index in [9.17, 15) is 27.3 Å². The Bertz CT molecular complexity index is 1980. The molecule has 1 amide bonds. The lowest BCUT2D eigenvalue weighted by Gasteiger charge is -2.30. The summed E-state index contributed by atoms with van der Waals surface area (Å²) in [7, 11) is -3.91. The largest absolute Gasteiger partial charge is 0.435 e. The fraction of sp³-hybridized carbons (Fsp3) is 0.312. The quantitative estimate of drug-likeness (QED) is 0.208. The van der Waals surface area contributed by atoms with E-state index in [1.54, 1.807) is 36.4 Å². The highest BCUT2D eigenvalue weighted by Gasteiger charge is 2.29. The van der Waals surface area contributed by atoms with E-state index in [0.29, 0.717) is 40.1 Å². The summed E-state index contributed by atoms with van der Waals surface area (Å²) in [6.45, 7) is -2.74. The van der Waals surface area contributed by atoms with Gasteiger partial charge in [-0.25, -0.2) is 22.4 Å². The summed E-state index contributed by atoms with van der Waals surface area (Å²) in [5.41, 5.74) is 2.24. The van der Waals surface area contributed by atoms with Crippen LogP contribution in [0.25, 0.3) is 22.1 Å². The number of aromatic nitrogens is 4. The van der Waals surface area contributed by atoms with E-state index in [1.165, 1.54) is 40.6 Å². The van der Waals surface area contributed by atoms with Crippen LogP contribution in [0.1, 0.15) is 49.5 Å². The zero-order valence-electron chi connectivity index (χ0n) is 24.1. The Kier molecular flexibility index (Phi) is 8.49. The minimum Gasteiger partial charge on any atom is -0.435 e. The first-order valence-electron chi connectivity index (χ1n) is 14.6. The number of pyridine rings is 1. The molecule has 0 unspecified atom stereocenters. The number of hydrogen-bond acceptors (Lipinski definition) is 7. The van der Waals surface area contributed by atoms with Crippen LogP contribution >= 0.6 is 0 Å². The fourth-order valence-electron chi connectivity index (χ4n) is 6.05. The number of nitrogens with one attached hydrogen (secondary N) is 1. The lowest BCUT2D eigenvalue weighted by molar-refractivity contribution is -0.120. The van der Waals surface area contributed by atoms with Gasteiger partial charge in [-0.1, -0.05) is 30.3 Å². The van der Waals surface area contributed by atoms with Gasteiger partial charge < -0.3 is 14.6 Å². The Labute approximate surface area is 258 Å². The summed E-state index contributed by atoms with van der Waals surface area (Å²) in [6.07, 6.45) is 6.76. The molecule has 0 spiro atoms. The highest BCUT2D eigenvalue weighted by Crippen LogP contribution is 2.38. The molecule has 10 nitrogen and oxygen atoms in total. The lowest BCUT2D eigenvalue weighted by Crippen LogP contribution is -2.27. The molecule has 0 atom stereocenters. The van der Waals surface area contributed by atoms with Crippen LogP contribution in [0.2, 0.25) is 0 Å². The maximum absolute atomic E-state index is 13.5. The molecular formula is C32H30F2N6O4S. The number of fused-ring (bicyclic) bond motifs is 3. The lowest BCUT2D eigenvalue weighted by atomic mass is 9.84. The van der Waals surface area contributed by atoms with Crippen molar-refractivity contribution in [2.24, 2.45) is 5.92 Å². The molecule has 1 aliphatic rings. The van der Waals surface area contributed by atoms with Crippen molar-refractivity contribution in [2.45, 2.75) is 62.6 Å². The van der Waals surface area contributed by atoms with Gasteiger partial charge in [0.1, 0.15) is 17.1 Å². The molecular weight excluding hydrogens is 602 g/mol. The van der Waals surface area contributed by atoms with Gasteiger partial charge in [-0.2, -0.15) is 14.0 Å². The van der Waals surface area contributed by atoms with Gasteiger partial charge in [-0.3, -0.25) is 4.79 Å². The fourth-order valence-corrected chi connectivity index (χ4v) is 7.37. The Morgan fingerprint density at radius 3 is 2.49 bits per heavy atom. The van der Waals surface area contributed by atoms with Gasteiger partial charge >= 0.3 is 6.61 Å². The van der Waals surface area contributed by atoms with Crippen LogP contribution in [-0.2, 0) is 27.8 Å². The molecule has 2 aromatic carbocycles. The zero-order chi connectivity index (χ0) is 31.6. The summed E-state index contributed by atoms with van der Waals surface area (Å²) in [6, 6.07) is 18.2. The minimum atomic E-state index is -3.91. The number of carbonyl (C=O) groups is 1. The van der Waals surface area contributed by atoms with Gasteiger partial charge in [0.2, 0.25) is 5.91 Å². The molecule has 3 aromatic heterocycles. The molecule has 1 N–H and O–H groups in total. The van der Waals surface area contributed by atoms with Crippen LogP contribution in [0.5, 0.6) is 5.75 Å². The highest BCUT2D eigenvalue weighted by molar-refractivity contribution is 7.90. The first kappa shape index (κ1) is 30.2. The van der Waals surface area contributed by atoms with Crippen molar-refractivity contribution in [1.82, 2.24) is 23.8 Å². The number of amides is 1. The van der Waals surface area contributed by atoms with Crippen molar-refractivity contribution < 1.29 is 26.7 Å². The smallest absolute Gasteiger partial charge is 0.387 e. The zero-order valence-corrected chi connectivity index (χ0v) is 25.0. The van der Waals surface area contributed by atoms with E-state index < -0.39 is 16.6 Å². The number of imidazole rings is 1. The number of nitrogens with zero attached hydrogens (tertiary/aromatic N) is 5. The molecule has 6 rings (SSSR count). The van der Waals surface area contributed by atoms with Crippen LogP contribution in [0.3, 0.4) is 0 Å². The van der Waals surface area contributed by atoms with Gasteiger partial charge in [0.15, 0.2) is 5.65 Å². The van der Waals surface area contributed by atoms with Gasteiger partial charge in [0.05, 0.1) is 29.1 Å². The van der Waals surface area contributed by atoms with Crippen LogP contribution in [0, 0.1) is 17.2 Å². The molecule has 5 aromatic rings. The number of carbonyl (C=O) groups excluding carboxylic acids is 1. The van der Waals surface area contributed by atoms with E-state index in [4.69, 9.17) is 4.98 Å². The van der Waals surface area contributed by atoms with E-state index in [-0.39, 0.29) is 41.2 Å². The Morgan fingerprint density at radius 1 is 1.07 bits per heavy atom. The molecule has 45 heavy (non-hydrogen) atoms. The number of halogens is 2. The number of alkyl halides is 2. The predicted molar refractivity (Wildman–Crippen MR) is 162 cm³/mol. The van der Waals surface area contributed by atoms with Crippen LogP contribution < -0.4 is 10.1 Å². The third-order valence-electron chi connectivity index (χ3n) is 8.22. The third kappa shape index (κ3) is 6.23. The average Bonchev–Trinajstić information content (AvgIpc) is 3.63. The molecule has 13 heteroatoms. The van der Waals surface area contributed by atoms with E-state index in [2.05, 4.69) is 25.7 Å². The van der Waals surface area contributed by atoms with Crippen molar-refractivity contribution >= 4 is 38.0 Å². The first-order valence-corrected chi connectivity index (χ1v) is 16.0. The van der Waals surface area contributed by atoms with Gasteiger partial charge in [-0.05, 0) is 67.5 Å². The predicted octanol–water partition coefficient (Wildman–Crippen LogP) is 5.73. The molecule has 1 saturated carbocycles. The minimum absolute atomic E-state index is 0.00481. The van der Waals surface area contributed by atoms with Crippen molar-refractivity contribution in [3.05, 3.63) is 84.4 Å². The number of rotatable bonds is 10. The number of ether oxygens (including phenoxy) is 1. The van der Waals surface area contributed by atoms with Gasteiger partial charge in [0, 0.05) is 30.6 Å². The van der Waals surface area contributed by atoms with E-state index in [1.807, 2.05) is 0 Å². The van der Waals surface area contributed by atoms with Gasteiger partial charge in [-0.15, -0.1) is 0 Å². The second-order valence-corrected chi connectivity index (χ2v) is 12.9. The summed E-state index contributed by atoms with van der Waals surface area (Å²) in [4.78, 5) is 22.6. The number of benzene rings is 2. The summed E-state index contributed by atoms with van der Waals surface area (Å²) < 4.78 is 59.5. The summed E-state index contributed by atoms with van der Waals surface area (Å²) in [5.74, 6) is 0.582. The molecule has 1 aliphatic carbocycles. The maximum atomic E-state index is 13.5. The summed E-state index contributed by atoms with van der Waals surface area (Å²) in [5, 5.41) is 12.7. The second kappa shape index (κ2) is 12.6. The highest BCUT2D eigenvalue weighted by atomic mass is 32.2. The molecule has 0 aliphatic heterocycles. The Hall–Kier alpha value is -4.83. The van der Waals surface area contributed by atoms with Crippen molar-refractivity contribution in [1.29, 1.82) is 5.26 Å². The van der Waals surface area contributed by atoms with E-state index >= 15 is 0 Å². The van der Waals surface area contributed by atoms with Crippen LogP contribution in [0.4, 0.5) is 8.78 Å². The van der Waals surface area contributed by atoms with Crippen molar-refractivity contribution in [2.75, 3.05) is 0 Å². The monoisotopic (exact) mass is 632 g/mol. The summed E-state index contributed by atoms with van der Waals surface area (Å²) >= 11 is 0. The molecule has 232 valence electrons. The Morgan fingerprint density at radius 2 is 1.80 bits per heavy atom. The molecule has 1 fully saturated rings. The maximum Gasteiger partial charge on any atom is 0.387 e. The van der Waals surface area contributed by atoms with Crippen LogP contribution in [-0.4, -0.2) is 39.4 Å². The normalized spacial score (nSPS) is 17.0. The third-order valence-corrected chi connectivity index (χ3v) is 9.90. The SMILES string of the molecule is N#CCC1CCC(n2c(CC(=O)NCc3ccc(OC(F)F)cc3)nc3cnc4c(ccn4S(=O)(=O)c4ccccc4)c32)CC1. The Balaban J connectivity index is 1.33. The van der Waals surface area contributed by atoms with Crippen molar-refractivity contribution in [3.8, 4) is 11.8 Å². The van der Waals surface area contributed by atoms with E-state index in [0.717, 1.165) is 25.7 Å². The second-order valence-electron chi connectivity index (χ2n) is 11.1. The molecule has 0 bridgehead atoms. The average molecular weight is 633 g/mol. The molecule has 3 heterocycles. The van der Waals surface area contributed by atoms with Crippen molar-refractivity contribution in [3.63, 3.8) is 0 Å². The molecule has 0 radical (unpaired) electrons. The van der Waals surface area contributed by atoms with Gasteiger partial charge in [0.25, 0.3) is 10.0 Å². The number of hydrogen-bond donors (Lipinski definition) is 1. The van der Waals surface area contributed by atoms with Crippen LogP contribution in [0.15, 0.2) is 78.0 Å². The first-order chi connectivity index (χ1) is 21.7.